The third kappa shape index (κ3) is 4.88. The van der Waals surface area contributed by atoms with E-state index in [-0.39, 0.29) is 42.2 Å². The van der Waals surface area contributed by atoms with Gasteiger partial charge >= 0.3 is 0 Å². The lowest BCUT2D eigenvalue weighted by atomic mass is 9.78. The number of piperidine rings is 1. The highest BCUT2D eigenvalue weighted by Crippen LogP contribution is 2.41. The first kappa shape index (κ1) is 23.2. The van der Waals surface area contributed by atoms with Gasteiger partial charge in [0.2, 0.25) is 11.8 Å². The van der Waals surface area contributed by atoms with Gasteiger partial charge in [0.1, 0.15) is 6.04 Å². The second-order valence-electron chi connectivity index (χ2n) is 7.86. The molecular weight excluding hydrogens is 418 g/mol. The fraction of sp³-hybridized carbons (Fsp3) is 0.476. The van der Waals surface area contributed by atoms with E-state index in [4.69, 9.17) is 14.6 Å². The normalized spacial score (nSPS) is 21.1. The Bertz CT molecular complexity index is 1030. The van der Waals surface area contributed by atoms with E-state index in [2.05, 4.69) is 15.5 Å². The Kier molecular flexibility index (Phi) is 7.41. The number of aromatic amines is 1. The quantitative estimate of drug-likeness (QED) is 0.559. The molecule has 0 saturated carbocycles. The van der Waals surface area contributed by atoms with Crippen molar-refractivity contribution in [1.82, 2.24) is 25.0 Å². The molecule has 2 amide bonds. The van der Waals surface area contributed by atoms with Crippen LogP contribution in [0, 0.1) is 5.92 Å². The minimum absolute atomic E-state index is 0.00582. The van der Waals surface area contributed by atoms with Crippen molar-refractivity contribution in [3.63, 3.8) is 0 Å². The molecule has 32 heavy (non-hydrogen) atoms. The van der Waals surface area contributed by atoms with Gasteiger partial charge < -0.3 is 20.1 Å². The lowest BCUT2D eigenvalue weighted by Crippen LogP contribution is -2.54. The van der Waals surface area contributed by atoms with E-state index in [9.17, 15) is 14.4 Å². The van der Waals surface area contributed by atoms with Gasteiger partial charge in [0.15, 0.2) is 0 Å². The Balaban J connectivity index is 0.000000913. The Hall–Kier alpha value is -3.47. The molecule has 1 fully saturated rings. The number of carbonyl (C=O) groups excluding carboxylic acids is 2. The molecule has 0 radical (unpaired) electrons. The van der Waals surface area contributed by atoms with Crippen LogP contribution in [0.3, 0.4) is 0 Å². The molecule has 2 aliphatic rings. The number of likely N-dealkylation sites (tertiary alicyclic amines) is 1. The van der Waals surface area contributed by atoms with Gasteiger partial charge in [-0.05, 0) is 18.6 Å². The van der Waals surface area contributed by atoms with Crippen LogP contribution in [0.1, 0.15) is 42.4 Å². The molecule has 0 aliphatic carbocycles. The van der Waals surface area contributed by atoms with Crippen LogP contribution in [-0.4, -0.2) is 63.3 Å². The van der Waals surface area contributed by atoms with Crippen LogP contribution in [-0.2, 0) is 32.3 Å². The summed E-state index contributed by atoms with van der Waals surface area (Å²) in [5.74, 6) is -0.263. The van der Waals surface area contributed by atoms with E-state index >= 15 is 0 Å². The van der Waals surface area contributed by atoms with Crippen molar-refractivity contribution in [3.8, 4) is 0 Å². The number of aromatic nitrogens is 3. The maximum atomic E-state index is 13.2. The number of carbonyl (C=O) groups is 3. The average Bonchev–Trinajstić information content (AvgIpc) is 3.21. The van der Waals surface area contributed by atoms with E-state index < -0.39 is 6.04 Å². The number of nitrogens with one attached hydrogen (secondary N) is 2. The summed E-state index contributed by atoms with van der Waals surface area (Å²) in [6, 6.07) is 6.28. The number of fused-ring (bicyclic) bond motifs is 4. The molecule has 0 spiro atoms. The number of pyridine rings is 1. The number of ether oxygens (including phenoxy) is 1. The lowest BCUT2D eigenvalue weighted by molar-refractivity contribution is -0.135. The maximum absolute atomic E-state index is 13.2. The standard InChI is InChI=1S/C20H25N5O4.CH2O2/c1-12(26)24-9-13-6-14(10-24)19(25-17(13)4-3-5-18(25)27)20(28)21-8-15-7-16(11-29-2)23-22-15;2-1-3/h3-5,7,13-14,19H,6,8-11H2,1-2H3,(H,21,28)(H,22,23);1H,(H,2,3)/t13-,14+,19-;/m1./s1. The molecule has 3 atom stereocenters. The third-order valence-electron chi connectivity index (χ3n) is 5.79. The van der Waals surface area contributed by atoms with Crippen molar-refractivity contribution in [2.45, 2.75) is 38.5 Å². The summed E-state index contributed by atoms with van der Waals surface area (Å²) >= 11 is 0. The van der Waals surface area contributed by atoms with Crippen molar-refractivity contribution < 1.29 is 24.2 Å². The van der Waals surface area contributed by atoms with E-state index in [1.807, 2.05) is 12.1 Å². The summed E-state index contributed by atoms with van der Waals surface area (Å²) < 4.78 is 6.67. The number of amides is 2. The summed E-state index contributed by atoms with van der Waals surface area (Å²) in [6.07, 6.45) is 0.785. The zero-order valence-corrected chi connectivity index (χ0v) is 18.0. The van der Waals surface area contributed by atoms with Crippen LogP contribution in [0.4, 0.5) is 0 Å². The molecule has 11 heteroatoms. The smallest absolute Gasteiger partial charge is 0.290 e. The first-order valence-corrected chi connectivity index (χ1v) is 10.2. The van der Waals surface area contributed by atoms with Gasteiger partial charge in [-0.15, -0.1) is 0 Å². The second-order valence-corrected chi connectivity index (χ2v) is 7.86. The molecule has 1 saturated heterocycles. The molecule has 0 aromatic carbocycles. The molecule has 2 aromatic heterocycles. The van der Waals surface area contributed by atoms with Gasteiger partial charge in [0.05, 0.1) is 24.5 Å². The van der Waals surface area contributed by atoms with Crippen molar-refractivity contribution in [2.75, 3.05) is 20.2 Å². The highest BCUT2D eigenvalue weighted by molar-refractivity contribution is 5.81. The van der Waals surface area contributed by atoms with Crippen LogP contribution in [0.25, 0.3) is 0 Å². The maximum Gasteiger partial charge on any atom is 0.290 e. The highest BCUT2D eigenvalue weighted by Gasteiger charge is 2.44. The van der Waals surface area contributed by atoms with Crippen molar-refractivity contribution in [2.24, 2.45) is 5.92 Å². The molecule has 172 valence electrons. The second kappa shape index (κ2) is 10.2. The molecule has 4 rings (SSSR count). The van der Waals surface area contributed by atoms with Gasteiger partial charge in [-0.25, -0.2) is 0 Å². The number of nitrogens with zero attached hydrogens (tertiary/aromatic N) is 3. The van der Waals surface area contributed by atoms with Crippen LogP contribution in [0.5, 0.6) is 0 Å². The number of hydrogen-bond acceptors (Lipinski definition) is 6. The number of H-pyrrole nitrogens is 1. The topological polar surface area (TPSA) is 147 Å². The van der Waals surface area contributed by atoms with Gasteiger partial charge in [0, 0.05) is 50.7 Å². The molecule has 4 heterocycles. The molecule has 2 aliphatic heterocycles. The number of methoxy groups -OCH3 is 1. The van der Waals surface area contributed by atoms with Gasteiger partial charge in [-0.3, -0.25) is 28.8 Å². The van der Waals surface area contributed by atoms with Crippen LogP contribution < -0.4 is 10.9 Å². The molecule has 2 aromatic rings. The number of rotatable bonds is 5. The van der Waals surface area contributed by atoms with E-state index in [1.54, 1.807) is 29.6 Å². The van der Waals surface area contributed by atoms with E-state index in [0.29, 0.717) is 19.7 Å². The predicted octanol–water partition coefficient (Wildman–Crippen LogP) is 0.242. The summed E-state index contributed by atoms with van der Waals surface area (Å²) in [5.41, 5.74) is 2.15. The fourth-order valence-corrected chi connectivity index (χ4v) is 4.54. The number of hydrogen-bond donors (Lipinski definition) is 3. The summed E-state index contributed by atoms with van der Waals surface area (Å²) in [6.45, 7) is 3.02. The first-order chi connectivity index (χ1) is 15.4. The Morgan fingerprint density at radius 2 is 2.12 bits per heavy atom. The average molecular weight is 445 g/mol. The summed E-state index contributed by atoms with van der Waals surface area (Å²) in [4.78, 5) is 47.9. The molecule has 0 unspecified atom stereocenters. The van der Waals surface area contributed by atoms with Gasteiger partial charge in [-0.2, -0.15) is 5.10 Å². The summed E-state index contributed by atoms with van der Waals surface area (Å²) in [7, 11) is 1.59. The largest absolute Gasteiger partial charge is 0.483 e. The molecule has 11 nitrogen and oxygen atoms in total. The van der Waals surface area contributed by atoms with Gasteiger partial charge in [-0.1, -0.05) is 6.07 Å². The van der Waals surface area contributed by atoms with Gasteiger partial charge in [0.25, 0.3) is 12.0 Å². The Morgan fingerprint density at radius 3 is 2.81 bits per heavy atom. The minimum Gasteiger partial charge on any atom is -0.483 e. The molecule has 3 N–H and O–H groups in total. The monoisotopic (exact) mass is 445 g/mol. The van der Waals surface area contributed by atoms with Crippen LogP contribution >= 0.6 is 0 Å². The zero-order valence-electron chi connectivity index (χ0n) is 18.0. The first-order valence-electron chi connectivity index (χ1n) is 10.2. The lowest BCUT2D eigenvalue weighted by Gasteiger charge is -2.46. The SMILES string of the molecule is COCc1cc(CNC(=O)[C@H]2[C@H]3C[C@H](CN(C(C)=O)C3)c3cccc(=O)n32)[nH]n1.O=CO. The van der Waals surface area contributed by atoms with Crippen molar-refractivity contribution in [1.29, 1.82) is 0 Å². The van der Waals surface area contributed by atoms with Crippen molar-refractivity contribution >= 4 is 18.3 Å². The molecule has 2 bridgehead atoms. The Morgan fingerprint density at radius 1 is 1.38 bits per heavy atom. The zero-order chi connectivity index (χ0) is 23.3. The third-order valence-corrected chi connectivity index (χ3v) is 5.79. The summed E-state index contributed by atoms with van der Waals surface area (Å²) in [5, 5.41) is 16.8. The molecular formula is C21H27N5O6. The minimum atomic E-state index is -0.640. The highest BCUT2D eigenvalue weighted by atomic mass is 16.5. The van der Waals surface area contributed by atoms with Crippen LogP contribution in [0.2, 0.25) is 0 Å². The van der Waals surface area contributed by atoms with Crippen LogP contribution in [0.15, 0.2) is 29.1 Å². The predicted molar refractivity (Wildman–Crippen MR) is 113 cm³/mol. The van der Waals surface area contributed by atoms with E-state index in [1.165, 1.54) is 6.07 Å². The fourth-order valence-electron chi connectivity index (χ4n) is 4.54. The number of carboxylic acid groups (broad SMARTS) is 1. The van der Waals surface area contributed by atoms with Crippen molar-refractivity contribution in [3.05, 3.63) is 51.7 Å². The van der Waals surface area contributed by atoms with E-state index in [0.717, 1.165) is 23.5 Å². The Labute approximate surface area is 184 Å².